The van der Waals surface area contributed by atoms with E-state index in [0.717, 1.165) is 44.8 Å². The van der Waals surface area contributed by atoms with Gasteiger partial charge in [-0.15, -0.1) is 0 Å². The fourth-order valence-electron chi connectivity index (χ4n) is 9.27. The van der Waals surface area contributed by atoms with Crippen molar-refractivity contribution in [3.8, 4) is 78.4 Å². The first-order chi connectivity index (χ1) is 29.0. The van der Waals surface area contributed by atoms with Crippen LogP contribution < -0.4 is 0 Å². The molecule has 9 aromatic carbocycles. The van der Waals surface area contributed by atoms with Gasteiger partial charge in [0.2, 0.25) is 0 Å². The molecule has 2 nitrogen and oxygen atoms in total. The van der Waals surface area contributed by atoms with Crippen molar-refractivity contribution < 1.29 is 0 Å². The van der Waals surface area contributed by atoms with Gasteiger partial charge < -0.3 is 0 Å². The fourth-order valence-corrected chi connectivity index (χ4v) is 9.27. The Bertz CT molecular complexity index is 3130. The summed E-state index contributed by atoms with van der Waals surface area (Å²) in [6.07, 6.45) is 0. The molecule has 10 aromatic rings. The van der Waals surface area contributed by atoms with Crippen LogP contribution in [0.2, 0.25) is 0 Å². The molecule has 0 saturated heterocycles. The van der Waals surface area contributed by atoms with Crippen molar-refractivity contribution in [3.05, 3.63) is 217 Å². The molecule has 1 aliphatic carbocycles. The maximum absolute atomic E-state index is 5.50. The summed E-state index contributed by atoms with van der Waals surface area (Å²) in [5, 5.41) is 4.88. The zero-order chi connectivity index (χ0) is 39.5. The average molecular weight is 753 g/mol. The molecule has 1 aromatic heterocycles. The maximum atomic E-state index is 5.50. The number of rotatable bonds is 6. The summed E-state index contributed by atoms with van der Waals surface area (Å²) in [7, 11) is 0. The molecule has 0 unspecified atom stereocenters. The monoisotopic (exact) mass is 752 g/mol. The molecule has 1 aliphatic rings. The Morgan fingerprint density at radius 1 is 0.322 bits per heavy atom. The summed E-state index contributed by atoms with van der Waals surface area (Å²) < 4.78 is 0. The van der Waals surface area contributed by atoms with Crippen LogP contribution >= 0.6 is 0 Å². The molecule has 0 N–H and O–H groups in total. The Balaban J connectivity index is 1.18. The zero-order valence-electron chi connectivity index (χ0n) is 33.0. The van der Waals surface area contributed by atoms with E-state index in [-0.39, 0.29) is 5.41 Å². The molecular formula is C57H40N2. The first-order valence-electron chi connectivity index (χ1n) is 20.4. The van der Waals surface area contributed by atoms with Crippen LogP contribution in [0.4, 0.5) is 0 Å². The van der Waals surface area contributed by atoms with Gasteiger partial charge in [-0.25, -0.2) is 9.97 Å². The summed E-state index contributed by atoms with van der Waals surface area (Å²) in [6.45, 7) is 4.73. The van der Waals surface area contributed by atoms with Crippen LogP contribution in [0.3, 0.4) is 0 Å². The minimum atomic E-state index is -0.174. The predicted molar refractivity (Wildman–Crippen MR) is 247 cm³/mol. The number of nitrogens with zero attached hydrogens (tertiary/aromatic N) is 2. The molecule has 0 spiro atoms. The van der Waals surface area contributed by atoms with E-state index in [9.17, 15) is 0 Å². The summed E-state index contributed by atoms with van der Waals surface area (Å²) in [5.74, 6) is 0.696. The second-order valence-electron chi connectivity index (χ2n) is 16.2. The molecular weight excluding hydrogens is 713 g/mol. The molecule has 2 heteroatoms. The molecule has 0 bridgehead atoms. The second kappa shape index (κ2) is 13.9. The molecule has 0 saturated carbocycles. The van der Waals surface area contributed by atoms with Crippen molar-refractivity contribution in [2.75, 3.05) is 0 Å². The minimum Gasteiger partial charge on any atom is -0.228 e. The highest BCUT2D eigenvalue weighted by Crippen LogP contribution is 2.54. The third-order valence-electron chi connectivity index (χ3n) is 12.3. The Morgan fingerprint density at radius 3 is 1.49 bits per heavy atom. The van der Waals surface area contributed by atoms with Gasteiger partial charge in [0, 0.05) is 27.7 Å². The van der Waals surface area contributed by atoms with Crippen LogP contribution in [0.1, 0.15) is 25.0 Å². The molecule has 278 valence electrons. The van der Waals surface area contributed by atoms with E-state index < -0.39 is 0 Å². The number of benzene rings is 9. The number of hydrogen-bond donors (Lipinski definition) is 0. The van der Waals surface area contributed by atoms with Gasteiger partial charge >= 0.3 is 0 Å². The lowest BCUT2D eigenvalue weighted by Crippen LogP contribution is -2.14. The molecule has 0 amide bonds. The summed E-state index contributed by atoms with van der Waals surface area (Å²) in [6, 6.07) is 74.3. The third kappa shape index (κ3) is 5.96. The summed E-state index contributed by atoms with van der Waals surface area (Å²) >= 11 is 0. The first kappa shape index (κ1) is 34.8. The van der Waals surface area contributed by atoms with E-state index in [0.29, 0.717) is 5.82 Å². The van der Waals surface area contributed by atoms with Crippen LogP contribution in [-0.2, 0) is 5.41 Å². The van der Waals surface area contributed by atoms with Crippen LogP contribution in [0.5, 0.6) is 0 Å². The highest BCUT2D eigenvalue weighted by atomic mass is 14.9. The van der Waals surface area contributed by atoms with Crippen molar-refractivity contribution in [3.63, 3.8) is 0 Å². The first-order valence-corrected chi connectivity index (χ1v) is 20.4. The topological polar surface area (TPSA) is 25.8 Å². The molecule has 1 heterocycles. The van der Waals surface area contributed by atoms with E-state index in [1.54, 1.807) is 0 Å². The van der Waals surface area contributed by atoms with Crippen LogP contribution in [0.25, 0.3) is 100.0 Å². The highest BCUT2D eigenvalue weighted by molar-refractivity contribution is 6.09. The van der Waals surface area contributed by atoms with Gasteiger partial charge in [-0.1, -0.05) is 184 Å². The van der Waals surface area contributed by atoms with Crippen molar-refractivity contribution in [1.82, 2.24) is 9.97 Å². The largest absolute Gasteiger partial charge is 0.228 e. The normalized spacial score (nSPS) is 12.7. The van der Waals surface area contributed by atoms with Gasteiger partial charge in [0.1, 0.15) is 0 Å². The Kier molecular flexibility index (Phi) is 8.20. The van der Waals surface area contributed by atoms with Crippen molar-refractivity contribution in [2.24, 2.45) is 0 Å². The number of hydrogen-bond acceptors (Lipinski definition) is 2. The zero-order valence-corrected chi connectivity index (χ0v) is 33.0. The average Bonchev–Trinajstić information content (AvgIpc) is 3.53. The van der Waals surface area contributed by atoms with E-state index in [1.807, 2.05) is 0 Å². The lowest BCUT2D eigenvalue weighted by Gasteiger charge is -2.22. The fraction of sp³-hybridized carbons (Fsp3) is 0.0526. The minimum absolute atomic E-state index is 0.174. The molecule has 11 rings (SSSR count). The molecule has 59 heavy (non-hydrogen) atoms. The van der Waals surface area contributed by atoms with E-state index in [4.69, 9.17) is 9.97 Å². The molecule has 0 fully saturated rings. The predicted octanol–water partition coefficient (Wildman–Crippen LogP) is 15.1. The van der Waals surface area contributed by atoms with Crippen LogP contribution in [0.15, 0.2) is 206 Å². The van der Waals surface area contributed by atoms with E-state index >= 15 is 0 Å². The molecule has 0 radical (unpaired) electrons. The lowest BCUT2D eigenvalue weighted by molar-refractivity contribution is 0.661. The van der Waals surface area contributed by atoms with Crippen LogP contribution in [0, 0.1) is 0 Å². The number of fused-ring (bicyclic) bond motifs is 5. The van der Waals surface area contributed by atoms with Crippen molar-refractivity contribution in [1.29, 1.82) is 0 Å². The van der Waals surface area contributed by atoms with Gasteiger partial charge in [0.05, 0.1) is 11.4 Å². The van der Waals surface area contributed by atoms with E-state index in [1.165, 1.54) is 60.5 Å². The molecule has 0 atom stereocenters. The Morgan fingerprint density at radius 2 is 0.847 bits per heavy atom. The quantitative estimate of drug-likeness (QED) is 0.169. The van der Waals surface area contributed by atoms with E-state index in [2.05, 4.69) is 220 Å². The second-order valence-corrected chi connectivity index (χ2v) is 16.2. The highest BCUT2D eigenvalue weighted by Gasteiger charge is 2.38. The summed E-state index contributed by atoms with van der Waals surface area (Å²) in [4.78, 5) is 11.0. The Labute approximate surface area is 345 Å². The van der Waals surface area contributed by atoms with Crippen molar-refractivity contribution >= 4 is 21.5 Å². The third-order valence-corrected chi connectivity index (χ3v) is 12.3. The van der Waals surface area contributed by atoms with Gasteiger partial charge in [-0.3, -0.25) is 0 Å². The summed E-state index contributed by atoms with van der Waals surface area (Å²) in [5.41, 5.74) is 16.9. The van der Waals surface area contributed by atoms with Gasteiger partial charge in [-0.2, -0.15) is 0 Å². The Hall–Kier alpha value is -7.42. The number of aromatic nitrogens is 2. The van der Waals surface area contributed by atoms with Gasteiger partial charge in [0.25, 0.3) is 0 Å². The smallest absolute Gasteiger partial charge is 0.161 e. The van der Waals surface area contributed by atoms with Gasteiger partial charge in [0.15, 0.2) is 5.82 Å². The SMILES string of the molecule is CC1(C)c2cc3ccccc3cc2-c2c(-c3c(-c4nc(-c5cccc(-c6ccccc6)c5)cc(-c5cccc(-c6ccccc6)c5)n4)ccc4ccccc34)cccc21. The van der Waals surface area contributed by atoms with Crippen LogP contribution in [-0.4, -0.2) is 9.97 Å². The van der Waals surface area contributed by atoms with Crippen molar-refractivity contribution in [2.45, 2.75) is 19.3 Å². The maximum Gasteiger partial charge on any atom is 0.161 e. The van der Waals surface area contributed by atoms with Gasteiger partial charge in [-0.05, 0) is 108 Å². The lowest BCUT2D eigenvalue weighted by atomic mass is 9.81. The molecule has 0 aliphatic heterocycles. The standard InChI is InChI=1S/C57H40N2/c1-57(2)50-29-15-28-47(55(50)49-34-42-21-9-10-22-43(42)35-51(49)57)54-46-27-12-11-20-39(46)30-31-48(54)56-58-52(44-25-13-23-40(32-44)37-16-5-3-6-17-37)36-53(59-56)45-26-14-24-41(33-45)38-18-7-4-8-19-38/h3-36H,1-2H3.